The maximum Gasteiger partial charge on any atom is 0.228 e. The second-order valence-corrected chi connectivity index (χ2v) is 7.63. The standard InChI is InChI=1S/C5H10ClNO4S2/c6-5-13(10,11)7-1-3-12(8,9)4-2-7/h1-5H2. The first-order chi connectivity index (χ1) is 5.87. The molecule has 1 fully saturated rings. The summed E-state index contributed by atoms with van der Waals surface area (Å²) in [6.45, 7) is 0.0504. The van der Waals surface area contributed by atoms with Gasteiger partial charge in [0.25, 0.3) is 0 Å². The molecule has 0 aromatic rings. The Bertz CT molecular complexity index is 359. The van der Waals surface area contributed by atoms with Crippen LogP contribution in [-0.4, -0.2) is 50.9 Å². The molecule has 1 aliphatic rings. The Morgan fingerprint density at radius 2 is 1.69 bits per heavy atom. The van der Waals surface area contributed by atoms with Crippen molar-refractivity contribution in [3.63, 3.8) is 0 Å². The molecule has 0 atom stereocenters. The molecule has 5 nitrogen and oxygen atoms in total. The minimum atomic E-state index is -3.44. The third-order valence-corrected chi connectivity index (χ3v) is 5.70. The van der Waals surface area contributed by atoms with Crippen molar-refractivity contribution in [2.75, 3.05) is 29.8 Å². The van der Waals surface area contributed by atoms with Crippen LogP contribution in [-0.2, 0) is 19.9 Å². The van der Waals surface area contributed by atoms with Crippen LogP contribution in [0.25, 0.3) is 0 Å². The van der Waals surface area contributed by atoms with Crippen molar-refractivity contribution in [3.8, 4) is 0 Å². The SMILES string of the molecule is O=S1(=O)CCN(S(=O)(=O)CCl)CC1. The van der Waals surface area contributed by atoms with Gasteiger partial charge < -0.3 is 0 Å². The van der Waals surface area contributed by atoms with Crippen molar-refractivity contribution < 1.29 is 16.8 Å². The zero-order valence-corrected chi connectivity index (χ0v) is 9.20. The average molecular weight is 248 g/mol. The fourth-order valence-electron chi connectivity index (χ4n) is 1.04. The van der Waals surface area contributed by atoms with E-state index in [0.29, 0.717) is 0 Å². The number of sulfonamides is 1. The monoisotopic (exact) mass is 247 g/mol. The van der Waals surface area contributed by atoms with Crippen molar-refractivity contribution in [2.45, 2.75) is 0 Å². The molecular formula is C5H10ClNO4S2. The number of nitrogens with zero attached hydrogens (tertiary/aromatic N) is 1. The van der Waals surface area contributed by atoms with Gasteiger partial charge >= 0.3 is 0 Å². The minimum Gasteiger partial charge on any atom is -0.229 e. The number of alkyl halides is 1. The summed E-state index contributed by atoms with van der Waals surface area (Å²) in [5, 5.41) is -0.493. The van der Waals surface area contributed by atoms with Crippen LogP contribution >= 0.6 is 11.6 Å². The summed E-state index contributed by atoms with van der Waals surface area (Å²) in [4.78, 5) is 0. The van der Waals surface area contributed by atoms with Crippen LogP contribution in [0.4, 0.5) is 0 Å². The molecule has 78 valence electrons. The number of rotatable bonds is 2. The molecule has 0 unspecified atom stereocenters. The molecule has 1 aliphatic heterocycles. The largest absolute Gasteiger partial charge is 0.229 e. The maximum absolute atomic E-state index is 11.2. The second kappa shape index (κ2) is 3.72. The summed E-state index contributed by atoms with van der Waals surface area (Å²) in [5.74, 6) is -0.216. The van der Waals surface area contributed by atoms with Crippen LogP contribution in [0.15, 0.2) is 0 Å². The average Bonchev–Trinajstić information content (AvgIpc) is 2.04. The van der Waals surface area contributed by atoms with Crippen LogP contribution in [0.1, 0.15) is 0 Å². The normalized spacial score (nSPS) is 24.4. The molecule has 0 N–H and O–H groups in total. The Morgan fingerprint density at radius 3 is 2.08 bits per heavy atom. The van der Waals surface area contributed by atoms with Gasteiger partial charge in [-0.25, -0.2) is 16.8 Å². The molecule has 1 rings (SSSR count). The molecular weight excluding hydrogens is 238 g/mol. The lowest BCUT2D eigenvalue weighted by molar-refractivity contribution is 0.434. The van der Waals surface area contributed by atoms with E-state index in [0.717, 1.165) is 4.31 Å². The Balaban J connectivity index is 2.71. The summed E-state index contributed by atoms with van der Waals surface area (Å²) < 4.78 is 45.4. The van der Waals surface area contributed by atoms with Gasteiger partial charge in [0.1, 0.15) is 5.21 Å². The Morgan fingerprint density at radius 1 is 1.23 bits per heavy atom. The highest BCUT2D eigenvalue weighted by molar-refractivity contribution is 7.92. The van der Waals surface area contributed by atoms with E-state index in [1.807, 2.05) is 0 Å². The molecule has 0 radical (unpaired) electrons. The molecule has 0 amide bonds. The minimum absolute atomic E-state index is 0.0252. The first-order valence-electron chi connectivity index (χ1n) is 3.61. The smallest absolute Gasteiger partial charge is 0.228 e. The summed E-state index contributed by atoms with van der Waals surface area (Å²) in [7, 11) is -6.47. The van der Waals surface area contributed by atoms with Crippen LogP contribution in [0.3, 0.4) is 0 Å². The number of hydrogen-bond acceptors (Lipinski definition) is 4. The van der Waals surface area contributed by atoms with Gasteiger partial charge in [-0.1, -0.05) is 0 Å². The van der Waals surface area contributed by atoms with Gasteiger partial charge in [0.05, 0.1) is 11.5 Å². The molecule has 0 aromatic carbocycles. The number of halogens is 1. The number of sulfone groups is 1. The molecule has 0 spiro atoms. The Kier molecular flexibility index (Phi) is 3.21. The molecule has 0 aliphatic carbocycles. The lowest BCUT2D eigenvalue weighted by Crippen LogP contribution is -2.43. The highest BCUT2D eigenvalue weighted by Crippen LogP contribution is 2.10. The van der Waals surface area contributed by atoms with Gasteiger partial charge in [0.15, 0.2) is 9.84 Å². The lowest BCUT2D eigenvalue weighted by atomic mass is 10.6. The van der Waals surface area contributed by atoms with E-state index < -0.39 is 25.1 Å². The molecule has 1 saturated heterocycles. The van der Waals surface area contributed by atoms with Gasteiger partial charge in [-0.05, 0) is 0 Å². The molecule has 1 heterocycles. The Hall–Kier alpha value is 0.150. The number of hydrogen-bond donors (Lipinski definition) is 0. The van der Waals surface area contributed by atoms with Gasteiger partial charge in [-0.3, -0.25) is 0 Å². The predicted molar refractivity (Wildman–Crippen MR) is 49.9 cm³/mol. The van der Waals surface area contributed by atoms with Crippen LogP contribution < -0.4 is 0 Å². The van der Waals surface area contributed by atoms with Crippen molar-refractivity contribution in [1.29, 1.82) is 0 Å². The third kappa shape index (κ3) is 2.80. The summed E-state index contributed by atoms with van der Waals surface area (Å²) in [6.07, 6.45) is 0. The van der Waals surface area contributed by atoms with Crippen LogP contribution in [0, 0.1) is 0 Å². The van der Waals surface area contributed by atoms with E-state index in [4.69, 9.17) is 11.6 Å². The third-order valence-electron chi connectivity index (χ3n) is 1.83. The zero-order valence-electron chi connectivity index (χ0n) is 6.81. The zero-order chi connectivity index (χ0) is 10.1. The van der Waals surface area contributed by atoms with E-state index in [9.17, 15) is 16.8 Å². The topological polar surface area (TPSA) is 71.5 Å². The fraction of sp³-hybridized carbons (Fsp3) is 1.00. The molecule has 0 saturated carbocycles. The van der Waals surface area contributed by atoms with E-state index in [1.165, 1.54) is 0 Å². The Labute approximate surface area is 82.6 Å². The first kappa shape index (κ1) is 11.2. The summed E-state index contributed by atoms with van der Waals surface area (Å²) in [5.41, 5.74) is 0. The van der Waals surface area contributed by atoms with Crippen molar-refractivity contribution >= 4 is 31.5 Å². The van der Waals surface area contributed by atoms with E-state index in [2.05, 4.69) is 0 Å². The van der Waals surface area contributed by atoms with Gasteiger partial charge in [-0.2, -0.15) is 4.31 Å². The summed E-state index contributed by atoms with van der Waals surface area (Å²) in [6, 6.07) is 0. The van der Waals surface area contributed by atoms with Crippen LogP contribution in [0.5, 0.6) is 0 Å². The second-order valence-electron chi connectivity index (χ2n) is 2.77. The molecule has 0 bridgehead atoms. The first-order valence-corrected chi connectivity index (χ1v) is 7.58. The lowest BCUT2D eigenvalue weighted by Gasteiger charge is -2.24. The van der Waals surface area contributed by atoms with E-state index in [1.54, 1.807) is 0 Å². The molecule has 13 heavy (non-hydrogen) atoms. The van der Waals surface area contributed by atoms with Crippen molar-refractivity contribution in [1.82, 2.24) is 4.31 Å². The van der Waals surface area contributed by atoms with Crippen LogP contribution in [0.2, 0.25) is 0 Å². The highest BCUT2D eigenvalue weighted by atomic mass is 35.5. The fourth-order valence-corrected chi connectivity index (χ4v) is 3.77. The van der Waals surface area contributed by atoms with Gasteiger partial charge in [0.2, 0.25) is 10.0 Å². The van der Waals surface area contributed by atoms with Crippen molar-refractivity contribution in [2.24, 2.45) is 0 Å². The van der Waals surface area contributed by atoms with Gasteiger partial charge in [-0.15, -0.1) is 11.6 Å². The highest BCUT2D eigenvalue weighted by Gasteiger charge is 2.28. The van der Waals surface area contributed by atoms with Gasteiger partial charge in [0, 0.05) is 13.1 Å². The van der Waals surface area contributed by atoms with E-state index in [-0.39, 0.29) is 24.6 Å². The summed E-state index contributed by atoms with van der Waals surface area (Å²) >= 11 is 5.22. The predicted octanol–water partition coefficient (Wildman–Crippen LogP) is -0.757. The maximum atomic E-state index is 11.2. The quantitative estimate of drug-likeness (QED) is 0.602. The molecule has 8 heteroatoms. The van der Waals surface area contributed by atoms with Crippen molar-refractivity contribution in [3.05, 3.63) is 0 Å². The molecule has 0 aromatic heterocycles. The van der Waals surface area contributed by atoms with E-state index >= 15 is 0 Å².